The molecule has 0 fully saturated rings. The zero-order valence-corrected chi connectivity index (χ0v) is 15.0. The molecule has 2 aromatic carbocycles. The lowest BCUT2D eigenvalue weighted by Crippen LogP contribution is -2.27. The van der Waals surface area contributed by atoms with E-state index in [9.17, 15) is 13.2 Å². The number of carbonyl (C=O) groups is 1. The molecule has 0 radical (unpaired) electrons. The standard InChI is InChI=1S/C18H23NO4S/c1-18(2,3)23-17(20)9-6-12-19-24(21,22)16-11-10-14-7-4-5-8-15(14)13-16/h4-5,7-8,10-11,13,19H,6,9,12H2,1-3H3. The SMILES string of the molecule is CC(C)(C)OC(=O)CCCNS(=O)(=O)c1ccc2ccccc2c1. The zero-order valence-electron chi connectivity index (χ0n) is 14.2. The first-order chi connectivity index (χ1) is 11.2. The number of esters is 1. The Hall–Kier alpha value is -1.92. The monoisotopic (exact) mass is 349 g/mol. The largest absolute Gasteiger partial charge is 0.460 e. The van der Waals surface area contributed by atoms with Gasteiger partial charge in [0.05, 0.1) is 4.90 Å². The molecule has 0 spiro atoms. The highest BCUT2D eigenvalue weighted by atomic mass is 32.2. The smallest absolute Gasteiger partial charge is 0.306 e. The van der Waals surface area contributed by atoms with Crippen LogP contribution in [-0.4, -0.2) is 26.5 Å². The quantitative estimate of drug-likeness (QED) is 0.642. The maximum absolute atomic E-state index is 12.3. The van der Waals surface area contributed by atoms with Gasteiger partial charge in [-0.05, 0) is 50.1 Å². The lowest BCUT2D eigenvalue weighted by molar-refractivity contribution is -0.154. The highest BCUT2D eigenvalue weighted by Gasteiger charge is 2.17. The number of nitrogens with one attached hydrogen (secondary N) is 1. The second-order valence-corrected chi connectivity index (χ2v) is 8.36. The van der Waals surface area contributed by atoms with Crippen molar-refractivity contribution in [2.45, 2.75) is 44.1 Å². The summed E-state index contributed by atoms with van der Waals surface area (Å²) >= 11 is 0. The third-order valence-corrected chi connectivity index (χ3v) is 4.76. The summed E-state index contributed by atoms with van der Waals surface area (Å²) in [4.78, 5) is 11.8. The molecule has 2 aromatic rings. The fourth-order valence-corrected chi connectivity index (χ4v) is 3.36. The molecule has 130 valence electrons. The number of benzene rings is 2. The number of fused-ring (bicyclic) bond motifs is 1. The third kappa shape index (κ3) is 5.32. The number of sulfonamides is 1. The van der Waals surface area contributed by atoms with Crippen molar-refractivity contribution in [2.75, 3.05) is 6.54 Å². The van der Waals surface area contributed by atoms with E-state index in [2.05, 4.69) is 4.72 Å². The van der Waals surface area contributed by atoms with Gasteiger partial charge in [-0.1, -0.05) is 30.3 Å². The van der Waals surface area contributed by atoms with Crippen LogP contribution in [0.2, 0.25) is 0 Å². The van der Waals surface area contributed by atoms with E-state index in [-0.39, 0.29) is 23.8 Å². The van der Waals surface area contributed by atoms with E-state index in [0.717, 1.165) is 10.8 Å². The predicted octanol–water partition coefficient (Wildman–Crippen LogP) is 3.24. The van der Waals surface area contributed by atoms with Gasteiger partial charge in [0.2, 0.25) is 10.0 Å². The minimum Gasteiger partial charge on any atom is -0.460 e. The van der Waals surface area contributed by atoms with Gasteiger partial charge >= 0.3 is 5.97 Å². The van der Waals surface area contributed by atoms with E-state index < -0.39 is 15.6 Å². The Balaban J connectivity index is 1.92. The number of carbonyl (C=O) groups excluding carboxylic acids is 1. The summed E-state index contributed by atoms with van der Waals surface area (Å²) in [6.07, 6.45) is 0.569. The molecule has 0 aliphatic rings. The Bertz CT molecular complexity index is 822. The average molecular weight is 349 g/mol. The highest BCUT2D eigenvalue weighted by Crippen LogP contribution is 2.18. The van der Waals surface area contributed by atoms with Gasteiger partial charge in [-0.25, -0.2) is 13.1 Å². The van der Waals surface area contributed by atoms with Crippen LogP contribution in [0.1, 0.15) is 33.6 Å². The number of ether oxygens (including phenoxy) is 1. The molecule has 0 aromatic heterocycles. The van der Waals surface area contributed by atoms with E-state index >= 15 is 0 Å². The molecule has 0 bridgehead atoms. The number of rotatable bonds is 6. The van der Waals surface area contributed by atoms with Gasteiger partial charge in [0.1, 0.15) is 5.60 Å². The Morgan fingerprint density at radius 1 is 1.08 bits per heavy atom. The van der Waals surface area contributed by atoms with Crippen molar-refractivity contribution in [1.82, 2.24) is 4.72 Å². The lowest BCUT2D eigenvalue weighted by atomic mass is 10.1. The topological polar surface area (TPSA) is 72.5 Å². The zero-order chi connectivity index (χ0) is 17.8. The minimum atomic E-state index is -3.59. The van der Waals surface area contributed by atoms with Gasteiger partial charge < -0.3 is 4.74 Å². The van der Waals surface area contributed by atoms with Gasteiger partial charge in [0.15, 0.2) is 0 Å². The summed E-state index contributed by atoms with van der Waals surface area (Å²) in [5.41, 5.74) is -0.526. The molecule has 24 heavy (non-hydrogen) atoms. The Morgan fingerprint density at radius 2 is 1.75 bits per heavy atom. The van der Waals surface area contributed by atoms with Crippen molar-refractivity contribution < 1.29 is 17.9 Å². The van der Waals surface area contributed by atoms with Gasteiger partial charge in [-0.2, -0.15) is 0 Å². The van der Waals surface area contributed by atoms with Gasteiger partial charge in [-0.15, -0.1) is 0 Å². The summed E-state index contributed by atoms with van der Waals surface area (Å²) in [6.45, 7) is 5.59. The van der Waals surface area contributed by atoms with Gasteiger partial charge in [-0.3, -0.25) is 4.79 Å². The first kappa shape index (κ1) is 18.4. The molecule has 0 saturated carbocycles. The third-order valence-electron chi connectivity index (χ3n) is 3.30. The highest BCUT2D eigenvalue weighted by molar-refractivity contribution is 7.89. The Morgan fingerprint density at radius 3 is 2.42 bits per heavy atom. The van der Waals surface area contributed by atoms with Crippen LogP contribution in [0.25, 0.3) is 10.8 Å². The summed E-state index contributed by atoms with van der Waals surface area (Å²) in [5, 5.41) is 1.86. The van der Waals surface area contributed by atoms with E-state index in [1.807, 2.05) is 24.3 Å². The molecule has 0 amide bonds. The minimum absolute atomic E-state index is 0.178. The van der Waals surface area contributed by atoms with E-state index in [1.165, 1.54) is 0 Å². The summed E-state index contributed by atoms with van der Waals surface area (Å²) in [6, 6.07) is 12.6. The van der Waals surface area contributed by atoms with Gasteiger partial charge in [0.25, 0.3) is 0 Å². The Labute approximate surface area is 143 Å². The van der Waals surface area contributed by atoms with Crippen molar-refractivity contribution in [3.63, 3.8) is 0 Å². The molecule has 0 saturated heterocycles. The second-order valence-electron chi connectivity index (χ2n) is 6.60. The van der Waals surface area contributed by atoms with Crippen LogP contribution < -0.4 is 4.72 Å². The first-order valence-electron chi connectivity index (χ1n) is 7.88. The molecule has 5 nitrogen and oxygen atoms in total. The molecule has 0 unspecified atom stereocenters. The van der Waals surface area contributed by atoms with Crippen molar-refractivity contribution in [1.29, 1.82) is 0 Å². The maximum atomic E-state index is 12.3. The van der Waals surface area contributed by atoms with Gasteiger partial charge in [0, 0.05) is 13.0 Å². The molecular weight excluding hydrogens is 326 g/mol. The van der Waals surface area contributed by atoms with Crippen molar-refractivity contribution in [3.05, 3.63) is 42.5 Å². The average Bonchev–Trinajstić information content (AvgIpc) is 2.49. The first-order valence-corrected chi connectivity index (χ1v) is 9.36. The number of hydrogen-bond acceptors (Lipinski definition) is 4. The molecule has 0 aliphatic carbocycles. The summed E-state index contributed by atoms with van der Waals surface area (Å²) in [5.74, 6) is -0.326. The molecule has 2 rings (SSSR count). The molecule has 0 aliphatic heterocycles. The molecule has 0 atom stereocenters. The van der Waals surface area contributed by atoms with Crippen LogP contribution in [0.3, 0.4) is 0 Å². The van der Waals surface area contributed by atoms with E-state index in [4.69, 9.17) is 4.74 Å². The fraction of sp³-hybridized carbons (Fsp3) is 0.389. The van der Waals surface area contributed by atoms with E-state index in [1.54, 1.807) is 39.0 Å². The van der Waals surface area contributed by atoms with Crippen LogP contribution in [0, 0.1) is 0 Å². The van der Waals surface area contributed by atoms with Crippen LogP contribution in [-0.2, 0) is 19.6 Å². The normalized spacial score (nSPS) is 12.3. The van der Waals surface area contributed by atoms with Crippen LogP contribution >= 0.6 is 0 Å². The summed E-state index contributed by atoms with van der Waals surface area (Å²) in [7, 11) is -3.59. The van der Waals surface area contributed by atoms with Crippen molar-refractivity contribution >= 4 is 26.8 Å². The van der Waals surface area contributed by atoms with Crippen LogP contribution in [0.5, 0.6) is 0 Å². The number of hydrogen-bond donors (Lipinski definition) is 1. The second kappa shape index (κ2) is 7.32. The Kier molecular flexibility index (Phi) is 5.62. The van der Waals surface area contributed by atoms with Crippen LogP contribution in [0.4, 0.5) is 0 Å². The molecular formula is C18H23NO4S. The van der Waals surface area contributed by atoms with Crippen LogP contribution in [0.15, 0.2) is 47.4 Å². The molecule has 1 N–H and O–H groups in total. The molecule has 6 heteroatoms. The predicted molar refractivity (Wildman–Crippen MR) is 94.2 cm³/mol. The maximum Gasteiger partial charge on any atom is 0.306 e. The molecule has 0 heterocycles. The fourth-order valence-electron chi connectivity index (χ4n) is 2.25. The van der Waals surface area contributed by atoms with Crippen molar-refractivity contribution in [2.24, 2.45) is 0 Å². The summed E-state index contributed by atoms with van der Waals surface area (Å²) < 4.78 is 32.4. The van der Waals surface area contributed by atoms with E-state index in [0.29, 0.717) is 6.42 Å². The van der Waals surface area contributed by atoms with Crippen molar-refractivity contribution in [3.8, 4) is 0 Å². The lowest BCUT2D eigenvalue weighted by Gasteiger charge is -2.19.